The highest BCUT2D eigenvalue weighted by molar-refractivity contribution is 5.71. The quantitative estimate of drug-likeness (QED) is 0.0262. The number of unbranched alkanes of at least 4 members (excludes halogenated alkanes) is 26. The Morgan fingerprint density at radius 2 is 0.600 bits per heavy atom. The molecule has 0 N–H and O–H groups in total. The third-order valence-corrected chi connectivity index (χ3v) is 11.7. The second-order valence-electron chi connectivity index (χ2n) is 18.1. The molecule has 0 aromatic heterocycles. The van der Waals surface area contributed by atoms with Gasteiger partial charge < -0.3 is 14.2 Å². The summed E-state index contributed by atoms with van der Waals surface area (Å²) in [5, 5.41) is 0. The molecule has 0 amide bonds. The highest BCUT2D eigenvalue weighted by Gasteiger charge is 2.19. The van der Waals surface area contributed by atoms with E-state index in [0.717, 1.165) is 96.3 Å². The Labute approximate surface area is 402 Å². The molecular formula is C59H102O6. The van der Waals surface area contributed by atoms with Crippen molar-refractivity contribution in [1.82, 2.24) is 0 Å². The van der Waals surface area contributed by atoms with Crippen molar-refractivity contribution < 1.29 is 28.6 Å². The number of hydrogen-bond donors (Lipinski definition) is 0. The number of allylic oxidation sites excluding steroid dienone is 12. The van der Waals surface area contributed by atoms with E-state index in [0.29, 0.717) is 19.3 Å². The minimum atomic E-state index is -0.789. The normalized spacial score (nSPS) is 12.6. The predicted molar refractivity (Wildman–Crippen MR) is 279 cm³/mol. The van der Waals surface area contributed by atoms with E-state index in [2.05, 4.69) is 93.7 Å². The van der Waals surface area contributed by atoms with Crippen LogP contribution in [0.15, 0.2) is 72.9 Å². The molecule has 0 radical (unpaired) electrons. The molecule has 0 saturated heterocycles. The van der Waals surface area contributed by atoms with Gasteiger partial charge in [-0.1, -0.05) is 248 Å². The third kappa shape index (κ3) is 51.7. The Bertz CT molecular complexity index is 1230. The van der Waals surface area contributed by atoms with Crippen molar-refractivity contribution in [3.05, 3.63) is 72.9 Å². The first kappa shape index (κ1) is 61.9. The molecule has 1 unspecified atom stereocenters. The highest BCUT2D eigenvalue weighted by atomic mass is 16.6. The maximum Gasteiger partial charge on any atom is 0.306 e. The van der Waals surface area contributed by atoms with Crippen molar-refractivity contribution in [2.75, 3.05) is 13.2 Å². The van der Waals surface area contributed by atoms with E-state index in [-0.39, 0.29) is 31.1 Å². The van der Waals surface area contributed by atoms with E-state index in [4.69, 9.17) is 14.2 Å². The zero-order chi connectivity index (χ0) is 47.2. The molecule has 6 heteroatoms. The fourth-order valence-electron chi connectivity index (χ4n) is 7.62. The fraction of sp³-hybridized carbons (Fsp3) is 0.746. The summed E-state index contributed by atoms with van der Waals surface area (Å²) in [7, 11) is 0. The second-order valence-corrected chi connectivity index (χ2v) is 18.1. The van der Waals surface area contributed by atoms with Gasteiger partial charge in [0.15, 0.2) is 6.10 Å². The molecule has 0 bridgehead atoms. The summed E-state index contributed by atoms with van der Waals surface area (Å²) in [6.45, 7) is 6.50. The van der Waals surface area contributed by atoms with Gasteiger partial charge in [-0.3, -0.25) is 14.4 Å². The molecule has 1 atom stereocenters. The van der Waals surface area contributed by atoms with Gasteiger partial charge in [-0.25, -0.2) is 0 Å². The zero-order valence-electron chi connectivity index (χ0n) is 42.7. The number of ether oxygens (including phenoxy) is 3. The van der Waals surface area contributed by atoms with Crippen LogP contribution in [0.1, 0.15) is 265 Å². The van der Waals surface area contributed by atoms with Crippen molar-refractivity contribution in [2.45, 2.75) is 271 Å². The molecule has 0 aromatic carbocycles. The van der Waals surface area contributed by atoms with Crippen LogP contribution in [-0.4, -0.2) is 37.2 Å². The van der Waals surface area contributed by atoms with Gasteiger partial charge in [-0.15, -0.1) is 0 Å². The van der Waals surface area contributed by atoms with Gasteiger partial charge in [0.05, 0.1) is 0 Å². The van der Waals surface area contributed by atoms with Crippen molar-refractivity contribution >= 4 is 17.9 Å². The first-order valence-electron chi connectivity index (χ1n) is 27.4. The summed E-state index contributed by atoms with van der Waals surface area (Å²) in [6, 6.07) is 0. The Kier molecular flexibility index (Phi) is 50.9. The topological polar surface area (TPSA) is 78.9 Å². The molecule has 0 aromatic rings. The first-order valence-corrected chi connectivity index (χ1v) is 27.4. The van der Waals surface area contributed by atoms with Gasteiger partial charge in [0.25, 0.3) is 0 Å². The first-order chi connectivity index (χ1) is 32.0. The van der Waals surface area contributed by atoms with Crippen LogP contribution in [0.3, 0.4) is 0 Å². The molecule has 0 heterocycles. The van der Waals surface area contributed by atoms with Gasteiger partial charge in [0.1, 0.15) is 13.2 Å². The lowest BCUT2D eigenvalue weighted by atomic mass is 10.0. The second kappa shape index (κ2) is 53.5. The summed E-state index contributed by atoms with van der Waals surface area (Å²) in [4.78, 5) is 38.0. The molecule has 65 heavy (non-hydrogen) atoms. The van der Waals surface area contributed by atoms with E-state index < -0.39 is 6.10 Å². The van der Waals surface area contributed by atoms with Crippen LogP contribution in [-0.2, 0) is 28.6 Å². The molecule has 0 aliphatic carbocycles. The Morgan fingerprint density at radius 3 is 0.938 bits per heavy atom. The van der Waals surface area contributed by atoms with E-state index in [1.807, 2.05) is 0 Å². The van der Waals surface area contributed by atoms with Gasteiger partial charge >= 0.3 is 17.9 Å². The van der Waals surface area contributed by atoms with Crippen LogP contribution in [0, 0.1) is 0 Å². The smallest absolute Gasteiger partial charge is 0.306 e. The number of rotatable bonds is 49. The van der Waals surface area contributed by atoms with E-state index in [1.54, 1.807) is 0 Å². The molecule has 0 rings (SSSR count). The maximum atomic E-state index is 12.8. The highest BCUT2D eigenvalue weighted by Crippen LogP contribution is 2.16. The summed E-state index contributed by atoms with van der Waals surface area (Å²) < 4.78 is 16.8. The lowest BCUT2D eigenvalue weighted by Crippen LogP contribution is -2.30. The molecule has 0 aliphatic heterocycles. The molecular weight excluding hydrogens is 805 g/mol. The Hall–Kier alpha value is -3.15. The summed E-state index contributed by atoms with van der Waals surface area (Å²) in [6.07, 6.45) is 67.4. The minimum absolute atomic E-state index is 0.0857. The maximum absolute atomic E-state index is 12.8. The van der Waals surface area contributed by atoms with Crippen LogP contribution in [0.25, 0.3) is 0 Å². The minimum Gasteiger partial charge on any atom is -0.462 e. The van der Waals surface area contributed by atoms with Crippen molar-refractivity contribution in [1.29, 1.82) is 0 Å². The number of carbonyl (C=O) groups is 3. The van der Waals surface area contributed by atoms with Gasteiger partial charge in [-0.05, 0) is 70.6 Å². The molecule has 374 valence electrons. The summed E-state index contributed by atoms with van der Waals surface area (Å²) in [5.74, 6) is -0.923. The zero-order valence-corrected chi connectivity index (χ0v) is 42.7. The number of carbonyl (C=O) groups excluding carboxylic acids is 3. The Morgan fingerprint density at radius 1 is 0.323 bits per heavy atom. The average molecular weight is 907 g/mol. The monoisotopic (exact) mass is 907 g/mol. The SMILES string of the molecule is CC/C=C\C/C=C\C/C=C\C/C=C\C/C=C\C/C=C\CCCCC(=O)OCC(COC(=O)CCCCCCCCCCCCCCC)OC(=O)CCCCCCCCCCCCCCC. The average Bonchev–Trinajstić information content (AvgIpc) is 3.30. The van der Waals surface area contributed by atoms with Gasteiger partial charge in [0, 0.05) is 19.3 Å². The van der Waals surface area contributed by atoms with Crippen molar-refractivity contribution in [3.8, 4) is 0 Å². The van der Waals surface area contributed by atoms with E-state index >= 15 is 0 Å². The van der Waals surface area contributed by atoms with Crippen molar-refractivity contribution in [2.24, 2.45) is 0 Å². The molecule has 0 saturated carbocycles. The van der Waals surface area contributed by atoms with E-state index in [1.165, 1.54) is 128 Å². The number of hydrogen-bond acceptors (Lipinski definition) is 6. The van der Waals surface area contributed by atoms with Crippen molar-refractivity contribution in [3.63, 3.8) is 0 Å². The summed E-state index contributed by atoms with van der Waals surface area (Å²) in [5.41, 5.74) is 0. The molecule has 6 nitrogen and oxygen atoms in total. The Balaban J connectivity index is 4.42. The third-order valence-electron chi connectivity index (χ3n) is 11.7. The number of esters is 3. The fourth-order valence-corrected chi connectivity index (χ4v) is 7.62. The largest absolute Gasteiger partial charge is 0.462 e. The van der Waals surface area contributed by atoms with E-state index in [9.17, 15) is 14.4 Å². The standard InChI is InChI=1S/C59H102O6/c1-4-7-10-13-16-19-22-25-26-27-28-29-30-31-32-35-37-40-43-46-49-52-58(61)64-55-56(65-59(62)53-50-47-44-41-38-34-24-21-18-15-12-9-6-3)54-63-57(60)51-48-45-42-39-36-33-23-20-17-14-11-8-5-2/h7,10,16,19,25-26,28-29,31-32,37,40,56H,4-6,8-9,11-15,17-18,20-24,27,30,33-36,38-39,41-55H2,1-3H3/b10-7-,19-16-,26-25-,29-28-,32-31-,40-37-. The molecule has 0 aliphatic rings. The molecule has 0 spiro atoms. The predicted octanol–water partition coefficient (Wildman–Crippen LogP) is 18.2. The van der Waals surface area contributed by atoms with Crippen LogP contribution in [0.4, 0.5) is 0 Å². The van der Waals surface area contributed by atoms with Gasteiger partial charge in [-0.2, -0.15) is 0 Å². The van der Waals surface area contributed by atoms with Crippen LogP contribution in [0.5, 0.6) is 0 Å². The molecule has 0 fully saturated rings. The van der Waals surface area contributed by atoms with Crippen LogP contribution in [0.2, 0.25) is 0 Å². The lowest BCUT2D eigenvalue weighted by molar-refractivity contribution is -0.167. The van der Waals surface area contributed by atoms with Gasteiger partial charge in [0.2, 0.25) is 0 Å². The van der Waals surface area contributed by atoms with Crippen LogP contribution >= 0.6 is 0 Å². The lowest BCUT2D eigenvalue weighted by Gasteiger charge is -2.18. The summed E-state index contributed by atoms with van der Waals surface area (Å²) >= 11 is 0. The van der Waals surface area contributed by atoms with Crippen LogP contribution < -0.4 is 0 Å².